The lowest BCUT2D eigenvalue weighted by Crippen LogP contribution is -2.38. The van der Waals surface area contributed by atoms with Gasteiger partial charge in [-0.2, -0.15) is 0 Å². The van der Waals surface area contributed by atoms with E-state index in [4.69, 9.17) is 9.47 Å². The largest absolute Gasteiger partial charge is 0.488 e. The van der Waals surface area contributed by atoms with E-state index in [0.717, 1.165) is 30.4 Å². The Balaban J connectivity index is 2.46. The van der Waals surface area contributed by atoms with Gasteiger partial charge in [0.05, 0.1) is 6.61 Å². The Bertz CT molecular complexity index is 508. The van der Waals surface area contributed by atoms with E-state index in [9.17, 15) is 0 Å². The average Bonchev–Trinajstić information content (AvgIpc) is 2.49. The van der Waals surface area contributed by atoms with Crippen LogP contribution in [-0.2, 0) is 11.3 Å². The van der Waals surface area contributed by atoms with Crippen LogP contribution in [0, 0.1) is 5.92 Å². The monoisotopic (exact) mass is 335 g/mol. The van der Waals surface area contributed by atoms with E-state index in [0.29, 0.717) is 19.1 Å². The van der Waals surface area contributed by atoms with Gasteiger partial charge in [0.15, 0.2) is 5.96 Å². The van der Waals surface area contributed by atoms with Crippen molar-refractivity contribution in [2.75, 3.05) is 26.8 Å². The van der Waals surface area contributed by atoms with Gasteiger partial charge in [0.2, 0.25) is 0 Å². The van der Waals surface area contributed by atoms with Crippen LogP contribution in [0.4, 0.5) is 0 Å². The maximum atomic E-state index is 6.01. The van der Waals surface area contributed by atoms with Crippen LogP contribution in [-0.4, -0.2) is 38.4 Å². The third-order valence-corrected chi connectivity index (χ3v) is 3.05. The minimum Gasteiger partial charge on any atom is -0.488 e. The Morgan fingerprint density at radius 3 is 2.50 bits per heavy atom. The fourth-order valence-corrected chi connectivity index (χ4v) is 2.04. The highest BCUT2D eigenvalue weighted by molar-refractivity contribution is 5.79. The molecule has 0 heterocycles. The first kappa shape index (κ1) is 20.3. The second-order valence-electron chi connectivity index (χ2n) is 7.14. The molecule has 24 heavy (non-hydrogen) atoms. The molecule has 1 aromatic rings. The molecule has 5 nitrogen and oxygen atoms in total. The number of guanidine groups is 1. The lowest BCUT2D eigenvalue weighted by molar-refractivity contribution is 0.114. The molecular formula is C19H33N3O2. The standard InChI is InChI=1S/C19H33N3O2/c1-15(2)14-23-12-11-21-18(20-6)22-13-16-9-7-8-10-17(16)24-19(3,4)5/h7-10,15H,11-14H2,1-6H3,(H2,20,21,22). The van der Waals surface area contributed by atoms with E-state index in [1.165, 1.54) is 0 Å². The lowest BCUT2D eigenvalue weighted by Gasteiger charge is -2.23. The van der Waals surface area contributed by atoms with Gasteiger partial charge in [-0.1, -0.05) is 32.0 Å². The second kappa shape index (κ2) is 10.2. The van der Waals surface area contributed by atoms with Gasteiger partial charge in [0.25, 0.3) is 0 Å². The Morgan fingerprint density at radius 2 is 1.88 bits per heavy atom. The molecule has 0 spiro atoms. The van der Waals surface area contributed by atoms with Gasteiger partial charge in [0, 0.05) is 32.3 Å². The molecule has 0 aliphatic carbocycles. The molecule has 0 unspecified atom stereocenters. The number of aliphatic imine (C=N–C) groups is 1. The molecule has 0 saturated carbocycles. The van der Waals surface area contributed by atoms with E-state index in [-0.39, 0.29) is 5.60 Å². The quantitative estimate of drug-likeness (QED) is 0.435. The van der Waals surface area contributed by atoms with E-state index in [2.05, 4.69) is 56.3 Å². The molecule has 0 radical (unpaired) electrons. The molecule has 5 heteroatoms. The van der Waals surface area contributed by atoms with Gasteiger partial charge in [-0.3, -0.25) is 4.99 Å². The first-order valence-corrected chi connectivity index (χ1v) is 8.61. The summed E-state index contributed by atoms with van der Waals surface area (Å²) in [5.41, 5.74) is 0.885. The number of ether oxygens (including phenoxy) is 2. The highest BCUT2D eigenvalue weighted by atomic mass is 16.5. The molecule has 2 N–H and O–H groups in total. The zero-order valence-corrected chi connectivity index (χ0v) is 16.0. The summed E-state index contributed by atoms with van der Waals surface area (Å²) < 4.78 is 11.6. The number of benzene rings is 1. The molecule has 1 aromatic carbocycles. The minimum absolute atomic E-state index is 0.218. The van der Waals surface area contributed by atoms with Crippen LogP contribution in [0.3, 0.4) is 0 Å². The maximum absolute atomic E-state index is 6.01. The normalized spacial score (nSPS) is 12.4. The van der Waals surface area contributed by atoms with Crippen molar-refractivity contribution in [1.82, 2.24) is 10.6 Å². The van der Waals surface area contributed by atoms with Crippen LogP contribution in [0.2, 0.25) is 0 Å². The van der Waals surface area contributed by atoms with Crippen molar-refractivity contribution in [1.29, 1.82) is 0 Å². The molecule has 0 bridgehead atoms. The molecule has 0 saturated heterocycles. The van der Waals surface area contributed by atoms with Gasteiger partial charge < -0.3 is 20.1 Å². The molecular weight excluding hydrogens is 302 g/mol. The summed E-state index contributed by atoms with van der Waals surface area (Å²) in [5.74, 6) is 2.21. The van der Waals surface area contributed by atoms with E-state index < -0.39 is 0 Å². The number of nitrogens with one attached hydrogen (secondary N) is 2. The number of para-hydroxylation sites is 1. The summed E-state index contributed by atoms with van der Waals surface area (Å²) in [6, 6.07) is 8.07. The van der Waals surface area contributed by atoms with Gasteiger partial charge >= 0.3 is 0 Å². The van der Waals surface area contributed by atoms with Crippen LogP contribution < -0.4 is 15.4 Å². The Hall–Kier alpha value is -1.75. The average molecular weight is 335 g/mol. The maximum Gasteiger partial charge on any atom is 0.191 e. The van der Waals surface area contributed by atoms with E-state index in [1.807, 2.05) is 18.2 Å². The molecule has 1 rings (SSSR count). The van der Waals surface area contributed by atoms with Crippen molar-refractivity contribution in [3.05, 3.63) is 29.8 Å². The predicted molar refractivity (Wildman–Crippen MR) is 101 cm³/mol. The van der Waals surface area contributed by atoms with Crippen LogP contribution in [0.15, 0.2) is 29.3 Å². The first-order chi connectivity index (χ1) is 11.3. The van der Waals surface area contributed by atoms with Gasteiger partial charge in [-0.15, -0.1) is 0 Å². The minimum atomic E-state index is -0.218. The van der Waals surface area contributed by atoms with Crippen molar-refractivity contribution in [3.8, 4) is 5.75 Å². The van der Waals surface area contributed by atoms with Crippen molar-refractivity contribution in [3.63, 3.8) is 0 Å². The topological polar surface area (TPSA) is 54.9 Å². The SMILES string of the molecule is CN=C(NCCOCC(C)C)NCc1ccccc1OC(C)(C)C. The lowest BCUT2D eigenvalue weighted by atomic mass is 10.1. The Kier molecular flexibility index (Phi) is 8.61. The fourth-order valence-electron chi connectivity index (χ4n) is 2.04. The fraction of sp³-hybridized carbons (Fsp3) is 0.632. The van der Waals surface area contributed by atoms with E-state index >= 15 is 0 Å². The third kappa shape index (κ3) is 8.77. The molecule has 0 aliphatic heterocycles. The van der Waals surface area contributed by atoms with Gasteiger partial charge in [-0.05, 0) is 32.8 Å². The van der Waals surface area contributed by atoms with Crippen LogP contribution in [0.1, 0.15) is 40.2 Å². The highest BCUT2D eigenvalue weighted by Crippen LogP contribution is 2.22. The number of nitrogens with zero attached hydrogens (tertiary/aromatic N) is 1. The van der Waals surface area contributed by atoms with E-state index in [1.54, 1.807) is 7.05 Å². The van der Waals surface area contributed by atoms with Crippen LogP contribution in [0.5, 0.6) is 5.75 Å². The highest BCUT2D eigenvalue weighted by Gasteiger charge is 2.14. The molecule has 0 amide bonds. The predicted octanol–water partition coefficient (Wildman–Crippen LogP) is 3.20. The molecule has 0 aliphatic rings. The van der Waals surface area contributed by atoms with Crippen molar-refractivity contribution >= 4 is 5.96 Å². The number of hydrogen-bond acceptors (Lipinski definition) is 3. The molecule has 0 aromatic heterocycles. The van der Waals surface area contributed by atoms with Crippen LogP contribution in [0.25, 0.3) is 0 Å². The zero-order valence-electron chi connectivity index (χ0n) is 16.0. The summed E-state index contributed by atoms with van der Waals surface area (Å²) >= 11 is 0. The Labute approximate surface area is 146 Å². The van der Waals surface area contributed by atoms with Crippen molar-refractivity contribution in [2.45, 2.75) is 46.8 Å². The summed E-state index contributed by atoms with van der Waals surface area (Å²) in [5, 5.41) is 6.57. The molecule has 0 fully saturated rings. The van der Waals surface area contributed by atoms with Crippen LogP contribution >= 0.6 is 0 Å². The van der Waals surface area contributed by atoms with Gasteiger partial charge in [0.1, 0.15) is 11.4 Å². The molecule has 136 valence electrons. The summed E-state index contributed by atoms with van der Waals surface area (Å²) in [6.07, 6.45) is 0. The summed E-state index contributed by atoms with van der Waals surface area (Å²) in [7, 11) is 1.77. The summed E-state index contributed by atoms with van der Waals surface area (Å²) in [6.45, 7) is 13.3. The zero-order chi connectivity index (χ0) is 18.0. The molecule has 0 atom stereocenters. The number of rotatable bonds is 8. The third-order valence-electron chi connectivity index (χ3n) is 3.05. The summed E-state index contributed by atoms with van der Waals surface area (Å²) in [4.78, 5) is 4.24. The Morgan fingerprint density at radius 1 is 1.17 bits per heavy atom. The smallest absolute Gasteiger partial charge is 0.191 e. The number of hydrogen-bond donors (Lipinski definition) is 2. The second-order valence-corrected chi connectivity index (χ2v) is 7.14. The van der Waals surface area contributed by atoms with Crippen molar-refractivity contribution in [2.24, 2.45) is 10.9 Å². The van der Waals surface area contributed by atoms with Crippen molar-refractivity contribution < 1.29 is 9.47 Å². The first-order valence-electron chi connectivity index (χ1n) is 8.61. The van der Waals surface area contributed by atoms with Gasteiger partial charge in [-0.25, -0.2) is 0 Å².